The van der Waals surface area contributed by atoms with Gasteiger partial charge in [-0.1, -0.05) is 12.8 Å². The van der Waals surface area contributed by atoms with Crippen molar-refractivity contribution in [2.75, 3.05) is 32.6 Å². The maximum atomic E-state index is 12.7. The number of anilines is 1. The van der Waals surface area contributed by atoms with Crippen LogP contribution in [0.15, 0.2) is 18.2 Å². The Labute approximate surface area is 181 Å². The molecular weight excluding hydrogens is 402 g/mol. The van der Waals surface area contributed by atoms with Gasteiger partial charge >= 0.3 is 17.8 Å². The molecule has 9 heteroatoms. The number of benzene rings is 1. The number of carbonyl (C=O) groups is 4. The summed E-state index contributed by atoms with van der Waals surface area (Å²) in [7, 11) is 2.74. The van der Waals surface area contributed by atoms with Crippen molar-refractivity contribution in [3.05, 3.63) is 23.8 Å². The zero-order valence-corrected chi connectivity index (χ0v) is 18.0. The molecule has 2 aliphatic rings. The minimum absolute atomic E-state index is 0.0195. The molecule has 0 bridgehead atoms. The van der Waals surface area contributed by atoms with E-state index in [1.807, 2.05) is 0 Å². The van der Waals surface area contributed by atoms with Crippen LogP contribution in [0.4, 0.5) is 5.69 Å². The summed E-state index contributed by atoms with van der Waals surface area (Å²) in [5.41, 5.74) is -0.128. The lowest BCUT2D eigenvalue weighted by Crippen LogP contribution is -2.51. The number of ether oxygens (including phenoxy) is 2. The van der Waals surface area contributed by atoms with E-state index in [0.29, 0.717) is 37.2 Å². The van der Waals surface area contributed by atoms with Gasteiger partial charge in [-0.05, 0) is 43.9 Å². The fourth-order valence-electron chi connectivity index (χ4n) is 4.26. The number of methoxy groups -OCH3 is 2. The van der Waals surface area contributed by atoms with Gasteiger partial charge in [0.25, 0.3) is 5.91 Å². The van der Waals surface area contributed by atoms with Crippen molar-refractivity contribution < 1.29 is 28.7 Å². The van der Waals surface area contributed by atoms with Crippen molar-refractivity contribution in [2.45, 2.75) is 50.5 Å². The summed E-state index contributed by atoms with van der Waals surface area (Å²) in [6, 6.07) is 4.75. The van der Waals surface area contributed by atoms with Crippen molar-refractivity contribution in [2.24, 2.45) is 0 Å². The number of likely N-dealkylation sites (tertiary alicyclic amines) is 1. The number of carbonyl (C=O) groups excluding carboxylic acids is 4. The standard InChI is InChI=1S/C22H29N3O6/c1-30-17-8-7-15(21(29)25-11-5-6-12-25)13-16(17)23-19(27)20(28)24-22(9-3-4-10-22)14-18(26)31-2/h7-8,13H,3-6,9-12,14H2,1-2H3,(H,23,27)(H,24,28). The summed E-state index contributed by atoms with van der Waals surface area (Å²) < 4.78 is 10.0. The molecule has 1 aliphatic carbocycles. The molecule has 0 spiro atoms. The minimum atomic E-state index is -0.889. The maximum Gasteiger partial charge on any atom is 0.313 e. The van der Waals surface area contributed by atoms with E-state index in [1.54, 1.807) is 17.0 Å². The van der Waals surface area contributed by atoms with Crippen LogP contribution in [0.3, 0.4) is 0 Å². The number of esters is 1. The van der Waals surface area contributed by atoms with Crippen LogP contribution in [0.2, 0.25) is 0 Å². The first kappa shape index (κ1) is 22.6. The minimum Gasteiger partial charge on any atom is -0.495 e. The van der Waals surface area contributed by atoms with E-state index in [1.165, 1.54) is 20.3 Å². The van der Waals surface area contributed by atoms with E-state index in [4.69, 9.17) is 9.47 Å². The van der Waals surface area contributed by atoms with Gasteiger partial charge in [0.05, 0.1) is 31.9 Å². The van der Waals surface area contributed by atoms with Crippen LogP contribution in [0.1, 0.15) is 55.3 Å². The summed E-state index contributed by atoms with van der Waals surface area (Å²) in [4.78, 5) is 51.4. The molecule has 2 N–H and O–H groups in total. The number of amides is 3. The van der Waals surface area contributed by atoms with E-state index in [2.05, 4.69) is 10.6 Å². The second-order valence-corrected chi connectivity index (χ2v) is 8.06. The summed E-state index contributed by atoms with van der Waals surface area (Å²) in [5.74, 6) is -1.95. The normalized spacial score (nSPS) is 17.2. The van der Waals surface area contributed by atoms with Gasteiger partial charge in [-0.3, -0.25) is 19.2 Å². The molecule has 2 fully saturated rings. The lowest BCUT2D eigenvalue weighted by atomic mass is 9.93. The van der Waals surface area contributed by atoms with Gasteiger partial charge in [-0.15, -0.1) is 0 Å². The largest absolute Gasteiger partial charge is 0.495 e. The predicted molar refractivity (Wildman–Crippen MR) is 113 cm³/mol. The monoisotopic (exact) mass is 431 g/mol. The van der Waals surface area contributed by atoms with Crippen molar-refractivity contribution in [1.29, 1.82) is 0 Å². The molecule has 1 heterocycles. The highest BCUT2D eigenvalue weighted by Gasteiger charge is 2.39. The Kier molecular flexibility index (Phi) is 7.14. The van der Waals surface area contributed by atoms with Gasteiger partial charge < -0.3 is 25.0 Å². The van der Waals surface area contributed by atoms with Gasteiger partial charge in [0.15, 0.2) is 0 Å². The first-order chi connectivity index (χ1) is 14.9. The molecule has 3 amide bonds. The highest BCUT2D eigenvalue weighted by atomic mass is 16.5. The van der Waals surface area contributed by atoms with Crippen molar-refractivity contribution in [3.63, 3.8) is 0 Å². The van der Waals surface area contributed by atoms with E-state index >= 15 is 0 Å². The Morgan fingerprint density at radius 3 is 2.29 bits per heavy atom. The van der Waals surface area contributed by atoms with Crippen LogP contribution in [0.5, 0.6) is 5.75 Å². The highest BCUT2D eigenvalue weighted by Crippen LogP contribution is 2.33. The molecule has 1 aromatic carbocycles. The lowest BCUT2D eigenvalue weighted by Gasteiger charge is -2.28. The summed E-state index contributed by atoms with van der Waals surface area (Å²) >= 11 is 0. The molecule has 0 radical (unpaired) electrons. The number of hydrogen-bond donors (Lipinski definition) is 2. The maximum absolute atomic E-state index is 12.7. The molecule has 0 atom stereocenters. The van der Waals surface area contributed by atoms with E-state index in [-0.39, 0.29) is 18.0 Å². The van der Waals surface area contributed by atoms with Crippen LogP contribution in [-0.4, -0.2) is 61.4 Å². The van der Waals surface area contributed by atoms with Crippen LogP contribution < -0.4 is 15.4 Å². The van der Waals surface area contributed by atoms with Crippen molar-refractivity contribution >= 4 is 29.4 Å². The molecular formula is C22H29N3O6. The summed E-state index contributed by atoms with van der Waals surface area (Å²) in [6.45, 7) is 1.41. The topological polar surface area (TPSA) is 114 Å². The van der Waals surface area contributed by atoms with Crippen LogP contribution >= 0.6 is 0 Å². The SMILES string of the molecule is COC(=O)CC1(NC(=O)C(=O)Nc2cc(C(=O)N3CCCC3)ccc2OC)CCCC1. The highest BCUT2D eigenvalue weighted by molar-refractivity contribution is 6.40. The molecule has 9 nitrogen and oxygen atoms in total. The average Bonchev–Trinajstić information content (AvgIpc) is 3.45. The third-order valence-electron chi connectivity index (χ3n) is 5.94. The van der Waals surface area contributed by atoms with Gasteiger partial charge in [0, 0.05) is 18.7 Å². The number of nitrogens with zero attached hydrogens (tertiary/aromatic N) is 1. The molecule has 1 aromatic rings. The molecule has 0 unspecified atom stereocenters. The third-order valence-corrected chi connectivity index (χ3v) is 5.94. The molecule has 3 rings (SSSR count). The van der Waals surface area contributed by atoms with Crippen LogP contribution in [-0.2, 0) is 19.1 Å². The smallest absolute Gasteiger partial charge is 0.313 e. The Bertz CT molecular complexity index is 857. The molecule has 1 saturated heterocycles. The Hall–Kier alpha value is -3.10. The van der Waals surface area contributed by atoms with Crippen LogP contribution in [0, 0.1) is 0 Å². The Morgan fingerprint density at radius 1 is 1.00 bits per heavy atom. The van der Waals surface area contributed by atoms with E-state index in [9.17, 15) is 19.2 Å². The van der Waals surface area contributed by atoms with E-state index < -0.39 is 23.3 Å². The fraction of sp³-hybridized carbons (Fsp3) is 0.545. The number of hydrogen-bond acceptors (Lipinski definition) is 6. The second-order valence-electron chi connectivity index (χ2n) is 8.06. The van der Waals surface area contributed by atoms with Crippen LogP contribution in [0.25, 0.3) is 0 Å². The first-order valence-corrected chi connectivity index (χ1v) is 10.5. The van der Waals surface area contributed by atoms with E-state index in [0.717, 1.165) is 25.7 Å². The van der Waals surface area contributed by atoms with Gasteiger partial charge in [0.1, 0.15) is 5.75 Å². The second kappa shape index (κ2) is 9.80. The number of nitrogens with one attached hydrogen (secondary N) is 2. The predicted octanol–water partition coefficient (Wildman–Crippen LogP) is 1.86. The Balaban J connectivity index is 1.72. The quantitative estimate of drug-likeness (QED) is 0.525. The molecule has 31 heavy (non-hydrogen) atoms. The van der Waals surface area contributed by atoms with Gasteiger partial charge in [0.2, 0.25) is 0 Å². The lowest BCUT2D eigenvalue weighted by molar-refractivity contribution is -0.144. The van der Waals surface area contributed by atoms with Crippen molar-refractivity contribution in [1.82, 2.24) is 10.2 Å². The first-order valence-electron chi connectivity index (χ1n) is 10.5. The molecule has 168 valence electrons. The number of rotatable bonds is 6. The van der Waals surface area contributed by atoms with Crippen molar-refractivity contribution in [3.8, 4) is 5.75 Å². The molecule has 1 saturated carbocycles. The summed E-state index contributed by atoms with van der Waals surface area (Å²) in [6.07, 6.45) is 4.87. The summed E-state index contributed by atoms with van der Waals surface area (Å²) in [5, 5.41) is 5.27. The average molecular weight is 431 g/mol. The Morgan fingerprint density at radius 2 is 1.68 bits per heavy atom. The zero-order chi connectivity index (χ0) is 22.4. The van der Waals surface area contributed by atoms with Gasteiger partial charge in [-0.25, -0.2) is 0 Å². The molecule has 1 aliphatic heterocycles. The fourth-order valence-corrected chi connectivity index (χ4v) is 4.26. The zero-order valence-electron chi connectivity index (χ0n) is 18.0. The van der Waals surface area contributed by atoms with Gasteiger partial charge in [-0.2, -0.15) is 0 Å². The third kappa shape index (κ3) is 5.34. The molecule has 0 aromatic heterocycles.